The molecule has 2 heterocycles. The maximum Gasteiger partial charge on any atom is 0.213 e. The lowest BCUT2D eigenvalue weighted by Gasteiger charge is -2.15. The molecular weight excluding hydrogens is 336 g/mol. The molecule has 27 heavy (non-hydrogen) atoms. The lowest BCUT2D eigenvalue weighted by Crippen LogP contribution is -2.00. The molecule has 0 N–H and O–H groups in total. The van der Waals surface area contributed by atoms with E-state index in [2.05, 4.69) is 37.0 Å². The average Bonchev–Trinajstić information content (AvgIpc) is 3.08. The fourth-order valence-electron chi connectivity index (χ4n) is 3.60. The first-order valence-electron chi connectivity index (χ1n) is 9.24. The van der Waals surface area contributed by atoms with Crippen LogP contribution in [0.1, 0.15) is 47.8 Å². The van der Waals surface area contributed by atoms with Gasteiger partial charge in [-0.2, -0.15) is 0 Å². The number of Topliss-reactive ketones (excluding diaryl/α,β-unsaturated/α-hetero) is 1. The number of methoxy groups -OCH3 is 1. The second kappa shape index (κ2) is 6.95. The van der Waals surface area contributed by atoms with Gasteiger partial charge < -0.3 is 4.74 Å². The standard InChI is InChI=1S/C23H22N2O2/c1-14(2)23-18(16-5-4-15-6-9-21(26)19(15)12-16)7-8-20(25-23)17-10-11-24-22(13-17)27-3/h4-5,7-8,10-14H,6,9H2,1-3H3. The number of hydrogen-bond donors (Lipinski definition) is 0. The maximum atomic E-state index is 12.1. The highest BCUT2D eigenvalue weighted by Gasteiger charge is 2.21. The van der Waals surface area contributed by atoms with E-state index in [9.17, 15) is 4.79 Å². The minimum Gasteiger partial charge on any atom is -0.481 e. The van der Waals surface area contributed by atoms with Gasteiger partial charge in [0, 0.05) is 35.4 Å². The van der Waals surface area contributed by atoms with Crippen molar-refractivity contribution < 1.29 is 9.53 Å². The molecular formula is C23H22N2O2. The topological polar surface area (TPSA) is 52.1 Å². The van der Waals surface area contributed by atoms with Gasteiger partial charge in [-0.3, -0.25) is 9.78 Å². The smallest absolute Gasteiger partial charge is 0.213 e. The molecule has 0 saturated carbocycles. The molecule has 2 aromatic heterocycles. The number of carbonyl (C=O) groups is 1. The van der Waals surface area contributed by atoms with Crippen molar-refractivity contribution in [1.82, 2.24) is 9.97 Å². The van der Waals surface area contributed by atoms with Crippen LogP contribution < -0.4 is 4.74 Å². The Hall–Kier alpha value is -3.01. The van der Waals surface area contributed by atoms with Gasteiger partial charge in [-0.25, -0.2) is 4.98 Å². The molecule has 4 heteroatoms. The molecule has 0 aliphatic heterocycles. The zero-order valence-corrected chi connectivity index (χ0v) is 15.8. The molecule has 4 rings (SSSR count). The SMILES string of the molecule is COc1cc(-c2ccc(-c3ccc4c(c3)C(=O)CC4)c(C(C)C)n2)ccn1. The Kier molecular flexibility index (Phi) is 4.48. The van der Waals surface area contributed by atoms with Crippen LogP contribution in [-0.2, 0) is 6.42 Å². The molecule has 1 aliphatic rings. The monoisotopic (exact) mass is 358 g/mol. The Morgan fingerprint density at radius 1 is 0.963 bits per heavy atom. The third-order valence-corrected chi connectivity index (χ3v) is 5.05. The Morgan fingerprint density at radius 2 is 1.81 bits per heavy atom. The van der Waals surface area contributed by atoms with Crippen LogP contribution in [0.2, 0.25) is 0 Å². The molecule has 3 aromatic rings. The van der Waals surface area contributed by atoms with Crippen LogP contribution in [0.15, 0.2) is 48.7 Å². The molecule has 0 saturated heterocycles. The van der Waals surface area contributed by atoms with Gasteiger partial charge in [0.15, 0.2) is 5.78 Å². The summed E-state index contributed by atoms with van der Waals surface area (Å²) < 4.78 is 5.23. The van der Waals surface area contributed by atoms with E-state index in [1.165, 1.54) is 0 Å². The predicted molar refractivity (Wildman–Crippen MR) is 106 cm³/mol. The van der Waals surface area contributed by atoms with Crippen molar-refractivity contribution in [2.75, 3.05) is 7.11 Å². The van der Waals surface area contributed by atoms with Crippen molar-refractivity contribution in [3.8, 4) is 28.3 Å². The average molecular weight is 358 g/mol. The first-order chi connectivity index (χ1) is 13.1. The number of aromatic nitrogens is 2. The number of fused-ring (bicyclic) bond motifs is 1. The number of benzene rings is 1. The Balaban J connectivity index is 1.80. The van der Waals surface area contributed by atoms with Crippen LogP contribution in [0.5, 0.6) is 5.88 Å². The van der Waals surface area contributed by atoms with Crippen molar-refractivity contribution in [2.45, 2.75) is 32.6 Å². The van der Waals surface area contributed by atoms with Gasteiger partial charge in [0.1, 0.15) is 0 Å². The normalized spacial score (nSPS) is 13.1. The number of pyridine rings is 2. The van der Waals surface area contributed by atoms with Crippen molar-refractivity contribution in [3.63, 3.8) is 0 Å². The Bertz CT molecular complexity index is 1020. The number of nitrogens with zero attached hydrogens (tertiary/aromatic N) is 2. The summed E-state index contributed by atoms with van der Waals surface area (Å²) in [5, 5.41) is 0. The zero-order chi connectivity index (χ0) is 19.0. The third kappa shape index (κ3) is 3.23. The van der Waals surface area contributed by atoms with Crippen molar-refractivity contribution in [3.05, 3.63) is 65.5 Å². The number of rotatable bonds is 4. The first kappa shape index (κ1) is 17.4. The maximum absolute atomic E-state index is 12.1. The summed E-state index contributed by atoms with van der Waals surface area (Å²) in [5.41, 5.74) is 7.04. The van der Waals surface area contributed by atoms with Crippen molar-refractivity contribution >= 4 is 5.78 Å². The number of ether oxygens (including phenoxy) is 1. The molecule has 136 valence electrons. The van der Waals surface area contributed by atoms with E-state index in [0.717, 1.165) is 45.6 Å². The van der Waals surface area contributed by atoms with Crippen LogP contribution in [0.3, 0.4) is 0 Å². The number of ketones is 1. The van der Waals surface area contributed by atoms with E-state index in [4.69, 9.17) is 9.72 Å². The van der Waals surface area contributed by atoms with E-state index in [0.29, 0.717) is 12.3 Å². The molecule has 0 bridgehead atoms. The largest absolute Gasteiger partial charge is 0.481 e. The molecule has 1 aliphatic carbocycles. The van der Waals surface area contributed by atoms with Crippen molar-refractivity contribution in [2.24, 2.45) is 0 Å². The number of carbonyl (C=O) groups excluding carboxylic acids is 1. The van der Waals surface area contributed by atoms with Crippen LogP contribution in [0.4, 0.5) is 0 Å². The summed E-state index contributed by atoms with van der Waals surface area (Å²) in [5.74, 6) is 1.07. The summed E-state index contributed by atoms with van der Waals surface area (Å²) >= 11 is 0. The number of hydrogen-bond acceptors (Lipinski definition) is 4. The third-order valence-electron chi connectivity index (χ3n) is 5.05. The van der Waals surface area contributed by atoms with E-state index in [1.807, 2.05) is 24.3 Å². The Morgan fingerprint density at radius 3 is 2.59 bits per heavy atom. The van der Waals surface area contributed by atoms with E-state index >= 15 is 0 Å². The summed E-state index contributed by atoms with van der Waals surface area (Å²) in [6.07, 6.45) is 3.20. The fourth-order valence-corrected chi connectivity index (χ4v) is 3.60. The van der Waals surface area contributed by atoms with Crippen molar-refractivity contribution in [1.29, 1.82) is 0 Å². The van der Waals surface area contributed by atoms with E-state index in [1.54, 1.807) is 13.3 Å². The summed E-state index contributed by atoms with van der Waals surface area (Å²) in [6.45, 7) is 4.28. The molecule has 0 unspecified atom stereocenters. The molecule has 0 radical (unpaired) electrons. The van der Waals surface area contributed by atoms with E-state index in [-0.39, 0.29) is 11.7 Å². The molecule has 0 spiro atoms. The molecule has 0 fully saturated rings. The first-order valence-corrected chi connectivity index (χ1v) is 9.24. The lowest BCUT2D eigenvalue weighted by atomic mass is 9.94. The minimum atomic E-state index is 0.242. The zero-order valence-electron chi connectivity index (χ0n) is 15.8. The van der Waals surface area contributed by atoms with Crippen LogP contribution in [0.25, 0.3) is 22.4 Å². The highest BCUT2D eigenvalue weighted by molar-refractivity contribution is 6.01. The second-order valence-corrected chi connectivity index (χ2v) is 7.17. The summed E-state index contributed by atoms with van der Waals surface area (Å²) in [6, 6.07) is 14.2. The van der Waals surface area contributed by atoms with Crippen LogP contribution in [-0.4, -0.2) is 22.9 Å². The fraction of sp³-hybridized carbons (Fsp3) is 0.261. The summed E-state index contributed by atoms with van der Waals surface area (Å²) in [4.78, 5) is 21.2. The quantitative estimate of drug-likeness (QED) is 0.653. The molecule has 1 aromatic carbocycles. The highest BCUT2D eigenvalue weighted by atomic mass is 16.5. The van der Waals surface area contributed by atoms with Gasteiger partial charge in [-0.05, 0) is 41.7 Å². The van der Waals surface area contributed by atoms with Crippen LogP contribution >= 0.6 is 0 Å². The predicted octanol–water partition coefficient (Wildman–Crippen LogP) is 5.07. The van der Waals surface area contributed by atoms with Gasteiger partial charge in [0.05, 0.1) is 18.5 Å². The molecule has 4 nitrogen and oxygen atoms in total. The Labute approximate surface area is 159 Å². The van der Waals surface area contributed by atoms with Gasteiger partial charge in [-0.1, -0.05) is 32.0 Å². The van der Waals surface area contributed by atoms with Gasteiger partial charge in [-0.15, -0.1) is 0 Å². The molecule has 0 amide bonds. The van der Waals surface area contributed by atoms with E-state index < -0.39 is 0 Å². The minimum absolute atomic E-state index is 0.242. The van der Waals surface area contributed by atoms with Crippen LogP contribution in [0, 0.1) is 0 Å². The number of aryl methyl sites for hydroxylation is 1. The second-order valence-electron chi connectivity index (χ2n) is 7.17. The summed E-state index contributed by atoms with van der Waals surface area (Å²) in [7, 11) is 1.61. The lowest BCUT2D eigenvalue weighted by molar-refractivity contribution is 0.0994. The molecule has 0 atom stereocenters. The van der Waals surface area contributed by atoms with Gasteiger partial charge in [0.25, 0.3) is 0 Å². The van der Waals surface area contributed by atoms with Gasteiger partial charge >= 0.3 is 0 Å². The van der Waals surface area contributed by atoms with Gasteiger partial charge in [0.2, 0.25) is 5.88 Å². The highest BCUT2D eigenvalue weighted by Crippen LogP contribution is 2.34.